The molecule has 6 nitrogen and oxygen atoms in total. The SMILES string of the molecule is CCOc1cc(NC(=NC)NCCCN2CCc3ccccc3C2)ccc1OC. The van der Waals surface area contributed by atoms with Crippen molar-refractivity contribution in [2.24, 2.45) is 4.99 Å². The first kappa shape index (κ1) is 21.0. The molecular formula is C23H32N4O2. The van der Waals surface area contributed by atoms with Gasteiger partial charge in [0.1, 0.15) is 0 Å². The number of methoxy groups -OCH3 is 1. The van der Waals surface area contributed by atoms with E-state index in [-0.39, 0.29) is 0 Å². The van der Waals surface area contributed by atoms with Crippen LogP contribution in [-0.2, 0) is 13.0 Å². The molecule has 1 aliphatic heterocycles. The molecule has 29 heavy (non-hydrogen) atoms. The van der Waals surface area contributed by atoms with Crippen LogP contribution in [0.15, 0.2) is 47.5 Å². The van der Waals surface area contributed by atoms with Gasteiger partial charge in [0.15, 0.2) is 17.5 Å². The Morgan fingerprint density at radius 3 is 2.72 bits per heavy atom. The van der Waals surface area contributed by atoms with Crippen molar-refractivity contribution < 1.29 is 9.47 Å². The van der Waals surface area contributed by atoms with Gasteiger partial charge in [0.2, 0.25) is 0 Å². The Balaban J connectivity index is 1.45. The molecule has 0 radical (unpaired) electrons. The lowest BCUT2D eigenvalue weighted by Crippen LogP contribution is -2.35. The molecule has 0 fully saturated rings. The fourth-order valence-corrected chi connectivity index (χ4v) is 3.59. The summed E-state index contributed by atoms with van der Waals surface area (Å²) in [4.78, 5) is 6.85. The van der Waals surface area contributed by atoms with E-state index in [2.05, 4.69) is 44.8 Å². The number of nitrogens with one attached hydrogen (secondary N) is 2. The van der Waals surface area contributed by atoms with Crippen LogP contribution in [0.4, 0.5) is 5.69 Å². The summed E-state index contributed by atoms with van der Waals surface area (Å²) < 4.78 is 11.0. The molecule has 6 heteroatoms. The summed E-state index contributed by atoms with van der Waals surface area (Å²) >= 11 is 0. The predicted octanol–water partition coefficient (Wildman–Crippen LogP) is 3.53. The minimum atomic E-state index is 0.591. The van der Waals surface area contributed by atoms with Crippen molar-refractivity contribution in [3.05, 3.63) is 53.6 Å². The van der Waals surface area contributed by atoms with Gasteiger partial charge in [-0.2, -0.15) is 0 Å². The summed E-state index contributed by atoms with van der Waals surface area (Å²) in [7, 11) is 3.43. The Labute approximate surface area is 173 Å². The van der Waals surface area contributed by atoms with Crippen LogP contribution in [0, 0.1) is 0 Å². The van der Waals surface area contributed by atoms with Gasteiger partial charge in [-0.05, 0) is 43.0 Å². The summed E-state index contributed by atoms with van der Waals surface area (Å²) in [6.45, 7) is 6.68. The second-order valence-corrected chi connectivity index (χ2v) is 7.07. The Morgan fingerprint density at radius 1 is 1.14 bits per heavy atom. The lowest BCUT2D eigenvalue weighted by Gasteiger charge is -2.28. The molecule has 156 valence electrons. The number of fused-ring (bicyclic) bond motifs is 1. The van der Waals surface area contributed by atoms with Gasteiger partial charge in [-0.25, -0.2) is 0 Å². The summed E-state index contributed by atoms with van der Waals surface area (Å²) in [5.74, 6) is 2.20. The molecule has 0 aliphatic carbocycles. The van der Waals surface area contributed by atoms with Crippen molar-refractivity contribution in [3.63, 3.8) is 0 Å². The molecule has 1 aliphatic rings. The van der Waals surface area contributed by atoms with Gasteiger partial charge in [-0.1, -0.05) is 24.3 Å². The summed E-state index contributed by atoms with van der Waals surface area (Å²) in [5, 5.41) is 6.72. The lowest BCUT2D eigenvalue weighted by atomic mass is 10.00. The Bertz CT molecular complexity index is 822. The Hall–Kier alpha value is -2.73. The van der Waals surface area contributed by atoms with Gasteiger partial charge >= 0.3 is 0 Å². The van der Waals surface area contributed by atoms with Crippen LogP contribution in [0.5, 0.6) is 11.5 Å². The molecular weight excluding hydrogens is 364 g/mol. The molecule has 2 aromatic rings. The second kappa shape index (κ2) is 10.7. The number of benzene rings is 2. The van der Waals surface area contributed by atoms with Crippen LogP contribution in [0.2, 0.25) is 0 Å². The van der Waals surface area contributed by atoms with Crippen LogP contribution in [0.25, 0.3) is 0 Å². The maximum absolute atomic E-state index is 5.64. The van der Waals surface area contributed by atoms with E-state index in [1.54, 1.807) is 14.2 Å². The molecule has 0 aromatic heterocycles. The predicted molar refractivity (Wildman–Crippen MR) is 119 cm³/mol. The van der Waals surface area contributed by atoms with E-state index in [1.165, 1.54) is 11.1 Å². The number of hydrogen-bond acceptors (Lipinski definition) is 4. The minimum absolute atomic E-state index is 0.591. The van der Waals surface area contributed by atoms with E-state index in [0.717, 1.165) is 62.2 Å². The lowest BCUT2D eigenvalue weighted by molar-refractivity contribution is 0.251. The van der Waals surface area contributed by atoms with E-state index in [4.69, 9.17) is 9.47 Å². The average Bonchev–Trinajstić information content (AvgIpc) is 2.76. The molecule has 0 amide bonds. The first-order valence-corrected chi connectivity index (χ1v) is 10.3. The first-order valence-electron chi connectivity index (χ1n) is 10.3. The Kier molecular flexibility index (Phi) is 7.76. The van der Waals surface area contributed by atoms with Crippen LogP contribution < -0.4 is 20.1 Å². The highest BCUT2D eigenvalue weighted by molar-refractivity contribution is 5.93. The number of nitrogens with zero attached hydrogens (tertiary/aromatic N) is 2. The zero-order valence-electron chi connectivity index (χ0n) is 17.7. The number of guanidine groups is 1. The van der Waals surface area contributed by atoms with E-state index < -0.39 is 0 Å². The monoisotopic (exact) mass is 396 g/mol. The normalized spacial score (nSPS) is 14.2. The fourth-order valence-electron chi connectivity index (χ4n) is 3.59. The molecule has 2 aromatic carbocycles. The highest BCUT2D eigenvalue weighted by Crippen LogP contribution is 2.30. The van der Waals surface area contributed by atoms with Gasteiger partial charge in [-0.3, -0.25) is 9.89 Å². The third kappa shape index (κ3) is 5.87. The van der Waals surface area contributed by atoms with Crippen LogP contribution >= 0.6 is 0 Å². The first-order chi connectivity index (χ1) is 14.2. The molecule has 1 heterocycles. The van der Waals surface area contributed by atoms with Crippen molar-refractivity contribution >= 4 is 11.6 Å². The third-order valence-corrected chi connectivity index (χ3v) is 5.10. The van der Waals surface area contributed by atoms with E-state index >= 15 is 0 Å². The van der Waals surface area contributed by atoms with E-state index in [1.807, 2.05) is 25.1 Å². The zero-order chi connectivity index (χ0) is 20.5. The number of ether oxygens (including phenoxy) is 2. The highest BCUT2D eigenvalue weighted by atomic mass is 16.5. The topological polar surface area (TPSA) is 58.1 Å². The van der Waals surface area contributed by atoms with Gasteiger partial charge in [-0.15, -0.1) is 0 Å². The van der Waals surface area contributed by atoms with Gasteiger partial charge in [0.25, 0.3) is 0 Å². The van der Waals surface area contributed by atoms with Gasteiger partial charge < -0.3 is 20.1 Å². The molecule has 0 saturated carbocycles. The van der Waals surface area contributed by atoms with Crippen molar-refractivity contribution in [1.82, 2.24) is 10.2 Å². The van der Waals surface area contributed by atoms with Crippen molar-refractivity contribution in [2.75, 3.05) is 45.7 Å². The molecule has 2 N–H and O–H groups in total. The number of rotatable bonds is 8. The fraction of sp³-hybridized carbons (Fsp3) is 0.435. The molecule has 0 spiro atoms. The number of anilines is 1. The van der Waals surface area contributed by atoms with Crippen molar-refractivity contribution in [2.45, 2.75) is 26.3 Å². The number of aliphatic imine (C=N–C) groups is 1. The summed E-state index contributed by atoms with van der Waals surface area (Å²) in [6, 6.07) is 14.6. The standard InChI is InChI=1S/C23H32N4O2/c1-4-29-22-16-20(10-11-21(22)28-3)26-23(24-2)25-13-7-14-27-15-12-18-8-5-6-9-19(18)17-27/h5-6,8-11,16H,4,7,12-15,17H2,1-3H3,(H2,24,25,26). The third-order valence-electron chi connectivity index (χ3n) is 5.10. The van der Waals surface area contributed by atoms with E-state index in [0.29, 0.717) is 6.61 Å². The largest absolute Gasteiger partial charge is 0.493 e. The average molecular weight is 397 g/mol. The maximum atomic E-state index is 5.64. The van der Waals surface area contributed by atoms with Gasteiger partial charge in [0, 0.05) is 45.0 Å². The minimum Gasteiger partial charge on any atom is -0.493 e. The second-order valence-electron chi connectivity index (χ2n) is 7.07. The van der Waals surface area contributed by atoms with Crippen molar-refractivity contribution in [1.29, 1.82) is 0 Å². The van der Waals surface area contributed by atoms with Crippen molar-refractivity contribution in [3.8, 4) is 11.5 Å². The van der Waals surface area contributed by atoms with Crippen LogP contribution in [0.3, 0.4) is 0 Å². The summed E-state index contributed by atoms with van der Waals surface area (Å²) in [6.07, 6.45) is 2.21. The van der Waals surface area contributed by atoms with Crippen LogP contribution in [0.1, 0.15) is 24.5 Å². The van der Waals surface area contributed by atoms with Gasteiger partial charge in [0.05, 0.1) is 13.7 Å². The maximum Gasteiger partial charge on any atom is 0.195 e. The molecule has 0 atom stereocenters. The Morgan fingerprint density at radius 2 is 1.97 bits per heavy atom. The summed E-state index contributed by atoms with van der Waals surface area (Å²) in [5.41, 5.74) is 3.88. The van der Waals surface area contributed by atoms with E-state index in [9.17, 15) is 0 Å². The molecule has 3 rings (SSSR count). The smallest absolute Gasteiger partial charge is 0.195 e. The molecule has 0 saturated heterocycles. The number of hydrogen-bond donors (Lipinski definition) is 2. The quantitative estimate of drug-likeness (QED) is 0.406. The highest BCUT2D eigenvalue weighted by Gasteiger charge is 2.15. The molecule has 0 unspecified atom stereocenters. The van der Waals surface area contributed by atoms with Crippen LogP contribution in [-0.4, -0.2) is 51.3 Å². The molecule has 0 bridgehead atoms. The zero-order valence-corrected chi connectivity index (χ0v) is 17.7.